The summed E-state index contributed by atoms with van der Waals surface area (Å²) >= 11 is 6.16. The topological polar surface area (TPSA) is 138 Å². The Morgan fingerprint density at radius 3 is 2.39 bits per heavy atom. The van der Waals surface area contributed by atoms with Gasteiger partial charge < -0.3 is 15.2 Å². The van der Waals surface area contributed by atoms with Gasteiger partial charge in [0.25, 0.3) is 16.0 Å². The molecule has 0 heterocycles. The van der Waals surface area contributed by atoms with Gasteiger partial charge >= 0.3 is 0 Å². The van der Waals surface area contributed by atoms with Crippen molar-refractivity contribution in [3.8, 4) is 11.5 Å². The highest BCUT2D eigenvalue weighted by Gasteiger charge is 2.20. The number of hydrogen-bond acceptors (Lipinski definition) is 7. The van der Waals surface area contributed by atoms with Crippen LogP contribution in [0.4, 0.5) is 17.1 Å². The first-order valence-corrected chi connectivity index (χ1v) is 12.3. The third kappa shape index (κ3) is 5.15. The maximum atomic E-state index is 13.0. The molecular formula is C25H20ClN3O6S. The van der Waals surface area contributed by atoms with Gasteiger partial charge in [-0.1, -0.05) is 35.9 Å². The minimum atomic E-state index is -4.47. The van der Waals surface area contributed by atoms with Crippen molar-refractivity contribution >= 4 is 55.5 Å². The molecule has 0 spiro atoms. The lowest BCUT2D eigenvalue weighted by Crippen LogP contribution is -2.12. The van der Waals surface area contributed by atoms with Crippen molar-refractivity contribution in [3.63, 3.8) is 0 Å². The molecule has 9 nitrogen and oxygen atoms in total. The summed E-state index contributed by atoms with van der Waals surface area (Å²) in [5.74, 6) is -0.333. The number of azo groups is 1. The molecule has 0 bridgehead atoms. The predicted molar refractivity (Wildman–Crippen MR) is 137 cm³/mol. The van der Waals surface area contributed by atoms with E-state index >= 15 is 0 Å². The van der Waals surface area contributed by atoms with Crippen LogP contribution in [0.2, 0.25) is 5.02 Å². The van der Waals surface area contributed by atoms with Gasteiger partial charge in [0.1, 0.15) is 17.1 Å². The molecule has 0 aliphatic heterocycles. The molecule has 0 saturated heterocycles. The molecule has 0 aliphatic carbocycles. The van der Waals surface area contributed by atoms with E-state index < -0.39 is 21.8 Å². The van der Waals surface area contributed by atoms with Gasteiger partial charge in [0, 0.05) is 11.1 Å². The SMILES string of the molecule is COc1ccc(NC(=O)c2cc3ccccc3c(N=Nc3cc(C)c(S(=O)(=O)O)cc3Cl)c2O)cc1. The van der Waals surface area contributed by atoms with Crippen LogP contribution in [0.25, 0.3) is 10.8 Å². The average Bonchev–Trinajstić information content (AvgIpc) is 2.84. The van der Waals surface area contributed by atoms with Crippen LogP contribution in [-0.2, 0) is 10.1 Å². The average molecular weight is 526 g/mol. The van der Waals surface area contributed by atoms with Crippen molar-refractivity contribution in [1.82, 2.24) is 0 Å². The fraction of sp³-hybridized carbons (Fsp3) is 0.0800. The van der Waals surface area contributed by atoms with Gasteiger partial charge in [-0.15, -0.1) is 10.2 Å². The second kappa shape index (κ2) is 9.94. The molecule has 4 rings (SSSR count). The first-order valence-electron chi connectivity index (χ1n) is 10.5. The standard InChI is InChI=1S/C25H20ClN3O6S/c1-14-11-21(20(26)13-22(14)36(32,33)34)28-29-23-18-6-4-3-5-15(18)12-19(24(23)30)25(31)27-16-7-9-17(35-2)10-8-16/h3-13,30H,1-2H3,(H,27,31)(H,32,33,34). The molecule has 4 aromatic carbocycles. The van der Waals surface area contributed by atoms with Crippen LogP contribution in [0.3, 0.4) is 0 Å². The Morgan fingerprint density at radius 1 is 1.03 bits per heavy atom. The lowest BCUT2D eigenvalue weighted by molar-refractivity contribution is 0.102. The zero-order chi connectivity index (χ0) is 26.0. The Kier molecular flexibility index (Phi) is 6.93. The van der Waals surface area contributed by atoms with Gasteiger partial charge in [-0.2, -0.15) is 8.42 Å². The maximum Gasteiger partial charge on any atom is 0.294 e. The largest absolute Gasteiger partial charge is 0.505 e. The van der Waals surface area contributed by atoms with E-state index in [-0.39, 0.29) is 32.4 Å². The fourth-order valence-corrected chi connectivity index (χ4v) is 4.57. The number of fused-ring (bicyclic) bond motifs is 1. The summed E-state index contributed by atoms with van der Waals surface area (Å²) in [7, 11) is -2.93. The number of nitrogens with zero attached hydrogens (tertiary/aromatic N) is 2. The van der Waals surface area contributed by atoms with Crippen LogP contribution >= 0.6 is 11.6 Å². The fourth-order valence-electron chi connectivity index (χ4n) is 3.57. The minimum Gasteiger partial charge on any atom is -0.505 e. The number of nitrogens with one attached hydrogen (secondary N) is 1. The van der Waals surface area contributed by atoms with E-state index in [1.165, 1.54) is 20.1 Å². The Labute approximate surface area is 211 Å². The molecular weight excluding hydrogens is 506 g/mol. The smallest absolute Gasteiger partial charge is 0.294 e. The molecule has 0 fully saturated rings. The van der Waals surface area contributed by atoms with Crippen LogP contribution < -0.4 is 10.1 Å². The van der Waals surface area contributed by atoms with Gasteiger partial charge in [-0.25, -0.2) is 0 Å². The number of benzene rings is 4. The van der Waals surface area contributed by atoms with Crippen LogP contribution in [0, 0.1) is 6.92 Å². The first-order chi connectivity index (χ1) is 17.1. The molecule has 1 amide bonds. The van der Waals surface area contributed by atoms with Crippen molar-refractivity contribution in [3.05, 3.63) is 82.9 Å². The van der Waals surface area contributed by atoms with Gasteiger partial charge in [-0.05, 0) is 60.3 Å². The number of aryl methyl sites for hydroxylation is 1. The number of hydrogen-bond donors (Lipinski definition) is 3. The number of carbonyl (C=O) groups excluding carboxylic acids is 1. The van der Waals surface area contributed by atoms with Crippen LogP contribution in [-0.4, -0.2) is 31.1 Å². The highest BCUT2D eigenvalue weighted by atomic mass is 35.5. The third-order valence-corrected chi connectivity index (χ3v) is 6.67. The summed E-state index contributed by atoms with van der Waals surface area (Å²) < 4.78 is 37.5. The molecule has 0 saturated carbocycles. The molecule has 3 N–H and O–H groups in total. The summed E-state index contributed by atoms with van der Waals surface area (Å²) in [6.45, 7) is 1.47. The number of carbonyl (C=O) groups is 1. The summed E-state index contributed by atoms with van der Waals surface area (Å²) in [5.41, 5.74) is 0.816. The number of halogens is 1. The number of phenolic OH excluding ortho intramolecular Hbond substituents is 1. The van der Waals surface area contributed by atoms with E-state index in [9.17, 15) is 22.9 Å². The molecule has 36 heavy (non-hydrogen) atoms. The summed E-state index contributed by atoms with van der Waals surface area (Å²) in [6, 6.07) is 17.6. The number of anilines is 1. The monoisotopic (exact) mass is 525 g/mol. The Balaban J connectivity index is 1.76. The van der Waals surface area contributed by atoms with Crippen molar-refractivity contribution < 1.29 is 27.6 Å². The highest BCUT2D eigenvalue weighted by Crippen LogP contribution is 2.40. The normalized spacial score (nSPS) is 11.7. The van der Waals surface area contributed by atoms with E-state index in [1.807, 2.05) is 0 Å². The van der Waals surface area contributed by atoms with Crippen LogP contribution in [0.15, 0.2) is 81.9 Å². The van der Waals surface area contributed by atoms with E-state index in [1.54, 1.807) is 54.6 Å². The Bertz CT molecular complexity index is 1620. The number of rotatable bonds is 6. The second-order valence-electron chi connectivity index (χ2n) is 7.77. The molecule has 4 aromatic rings. The van der Waals surface area contributed by atoms with E-state index in [2.05, 4.69) is 15.5 Å². The third-order valence-electron chi connectivity index (χ3n) is 5.37. The van der Waals surface area contributed by atoms with Crippen molar-refractivity contribution in [2.24, 2.45) is 10.2 Å². The molecule has 11 heteroatoms. The highest BCUT2D eigenvalue weighted by molar-refractivity contribution is 7.85. The first kappa shape index (κ1) is 25.1. The van der Waals surface area contributed by atoms with Gasteiger partial charge in [0.15, 0.2) is 5.75 Å². The quantitative estimate of drug-likeness (QED) is 0.196. The van der Waals surface area contributed by atoms with Crippen molar-refractivity contribution in [1.29, 1.82) is 0 Å². The van der Waals surface area contributed by atoms with E-state index in [0.29, 0.717) is 22.2 Å². The lowest BCUT2D eigenvalue weighted by Gasteiger charge is -2.11. The Morgan fingerprint density at radius 2 is 1.72 bits per heavy atom. The zero-order valence-electron chi connectivity index (χ0n) is 19.1. The summed E-state index contributed by atoms with van der Waals surface area (Å²) in [4.78, 5) is 12.7. The molecule has 0 atom stereocenters. The molecule has 184 valence electrons. The van der Waals surface area contributed by atoms with Crippen molar-refractivity contribution in [2.45, 2.75) is 11.8 Å². The van der Waals surface area contributed by atoms with Crippen molar-refractivity contribution in [2.75, 3.05) is 12.4 Å². The zero-order valence-corrected chi connectivity index (χ0v) is 20.6. The molecule has 0 radical (unpaired) electrons. The number of aromatic hydroxyl groups is 1. The molecule has 0 aliphatic rings. The number of amides is 1. The minimum absolute atomic E-state index is 0.0255. The second-order valence-corrected chi connectivity index (χ2v) is 9.57. The molecule has 0 aromatic heterocycles. The van der Waals surface area contributed by atoms with Crippen LogP contribution in [0.5, 0.6) is 11.5 Å². The van der Waals surface area contributed by atoms with E-state index in [0.717, 1.165) is 6.07 Å². The Hall–Kier alpha value is -3.99. The number of methoxy groups -OCH3 is 1. The predicted octanol–water partition coefficient (Wildman–Crippen LogP) is 6.43. The number of ether oxygens (including phenoxy) is 1. The van der Waals surface area contributed by atoms with Crippen LogP contribution in [0.1, 0.15) is 15.9 Å². The van der Waals surface area contributed by atoms with Gasteiger partial charge in [0.05, 0.1) is 22.6 Å². The summed E-state index contributed by atoms with van der Waals surface area (Å²) in [5, 5.41) is 23.0. The number of phenols is 1. The van der Waals surface area contributed by atoms with E-state index in [4.69, 9.17) is 16.3 Å². The maximum absolute atomic E-state index is 13.0. The van der Waals surface area contributed by atoms with Gasteiger partial charge in [-0.3, -0.25) is 9.35 Å². The van der Waals surface area contributed by atoms with Gasteiger partial charge in [0.2, 0.25) is 0 Å². The lowest BCUT2D eigenvalue weighted by atomic mass is 10.0. The molecule has 0 unspecified atom stereocenters. The summed E-state index contributed by atoms with van der Waals surface area (Å²) in [6.07, 6.45) is 0.